The topological polar surface area (TPSA) is 132 Å². The second-order valence-corrected chi connectivity index (χ2v) is 7.30. The summed E-state index contributed by atoms with van der Waals surface area (Å²) in [5.74, 6) is -1.62. The van der Waals surface area contributed by atoms with E-state index in [1.165, 1.54) is 13.2 Å². The summed E-state index contributed by atoms with van der Waals surface area (Å²) in [6.45, 7) is 5.30. The first-order chi connectivity index (χ1) is 14.2. The van der Waals surface area contributed by atoms with Gasteiger partial charge < -0.3 is 25.3 Å². The van der Waals surface area contributed by atoms with Crippen molar-refractivity contribution < 1.29 is 23.8 Å². The first-order valence-electron chi connectivity index (χ1n) is 9.74. The lowest BCUT2D eigenvalue weighted by Gasteiger charge is -2.23. The number of aryl methyl sites for hydroxylation is 1. The zero-order valence-corrected chi connectivity index (χ0v) is 17.6. The van der Waals surface area contributed by atoms with Crippen molar-refractivity contribution >= 4 is 11.8 Å². The number of nitrogens with one attached hydrogen (secondary N) is 1. The van der Waals surface area contributed by atoms with Crippen LogP contribution in [-0.4, -0.2) is 30.1 Å². The monoisotopic (exact) mass is 416 g/mol. The molecule has 4 N–H and O–H groups in total. The number of amides is 2. The lowest BCUT2D eigenvalue weighted by Crippen LogP contribution is -2.48. The van der Waals surface area contributed by atoms with Crippen LogP contribution in [0, 0.1) is 12.8 Å². The van der Waals surface area contributed by atoms with E-state index in [0.29, 0.717) is 23.5 Å². The molecule has 8 nitrogen and oxygen atoms in total. The number of ether oxygens (including phenoxy) is 1. The molecule has 8 heteroatoms. The van der Waals surface area contributed by atoms with Crippen LogP contribution in [0.2, 0.25) is 0 Å². The Labute approximate surface area is 175 Å². The number of carbonyl (C=O) groups is 2. The highest BCUT2D eigenvalue weighted by Gasteiger charge is 2.29. The number of methoxy groups -OCH3 is 1. The molecule has 1 unspecified atom stereocenters. The van der Waals surface area contributed by atoms with Crippen molar-refractivity contribution in [3.05, 3.63) is 57.6 Å². The molecule has 30 heavy (non-hydrogen) atoms. The van der Waals surface area contributed by atoms with E-state index in [1.54, 1.807) is 31.2 Å². The van der Waals surface area contributed by atoms with Crippen LogP contribution in [0.5, 0.6) is 11.5 Å². The third-order valence-electron chi connectivity index (χ3n) is 5.13. The Morgan fingerprint density at radius 3 is 2.43 bits per heavy atom. The molecule has 0 aliphatic rings. The molecule has 2 amide bonds. The molecule has 1 aromatic carbocycles. The fraction of sp³-hybridized carbons (Fsp3) is 0.409. The highest BCUT2D eigenvalue weighted by Crippen LogP contribution is 2.33. The van der Waals surface area contributed by atoms with Crippen LogP contribution in [0.4, 0.5) is 0 Å². The van der Waals surface area contributed by atoms with Gasteiger partial charge in [-0.2, -0.15) is 0 Å². The summed E-state index contributed by atoms with van der Waals surface area (Å²) in [6.07, 6.45) is 0.496. The van der Waals surface area contributed by atoms with E-state index in [9.17, 15) is 19.5 Å². The zero-order valence-electron chi connectivity index (χ0n) is 17.6. The van der Waals surface area contributed by atoms with E-state index in [-0.39, 0.29) is 18.1 Å². The Balaban J connectivity index is 2.42. The number of rotatable bonds is 9. The zero-order chi connectivity index (χ0) is 22.4. The van der Waals surface area contributed by atoms with Gasteiger partial charge in [-0.3, -0.25) is 14.4 Å². The maximum absolute atomic E-state index is 12.8. The van der Waals surface area contributed by atoms with Crippen molar-refractivity contribution in [1.29, 1.82) is 0 Å². The molecule has 1 aromatic heterocycles. The summed E-state index contributed by atoms with van der Waals surface area (Å²) in [4.78, 5) is 36.6. The number of carbonyl (C=O) groups excluding carboxylic acids is 2. The van der Waals surface area contributed by atoms with Crippen LogP contribution in [0.3, 0.4) is 0 Å². The molecule has 0 spiro atoms. The van der Waals surface area contributed by atoms with Crippen LogP contribution < -0.4 is 21.2 Å². The van der Waals surface area contributed by atoms with Gasteiger partial charge in [0.25, 0.3) is 0 Å². The molecule has 0 aliphatic carbocycles. The Hall–Kier alpha value is -3.29. The van der Waals surface area contributed by atoms with Crippen molar-refractivity contribution in [2.45, 2.75) is 45.6 Å². The lowest BCUT2D eigenvalue weighted by molar-refractivity contribution is -0.128. The summed E-state index contributed by atoms with van der Waals surface area (Å²) < 4.78 is 10.8. The molecule has 0 bridgehead atoms. The van der Waals surface area contributed by atoms with Gasteiger partial charge in [-0.25, -0.2) is 0 Å². The Morgan fingerprint density at radius 1 is 1.27 bits per heavy atom. The van der Waals surface area contributed by atoms with E-state index in [1.807, 2.05) is 13.8 Å². The maximum Gasteiger partial charge on any atom is 0.240 e. The van der Waals surface area contributed by atoms with Gasteiger partial charge in [0.1, 0.15) is 17.6 Å². The molecular weight excluding hydrogens is 388 g/mol. The van der Waals surface area contributed by atoms with Crippen molar-refractivity contribution in [3.63, 3.8) is 0 Å². The summed E-state index contributed by atoms with van der Waals surface area (Å²) in [5.41, 5.74) is 5.48. The molecule has 2 rings (SSSR count). The molecule has 1 heterocycles. The molecule has 0 fully saturated rings. The molecule has 0 saturated heterocycles. The SMILES string of the molecule is CC[C@H](C)[C@H](NC(=O)CC(c1ccc(OC)cc1)c1oc(C)cc(=O)c1O)C(N)=O. The number of hydrogen-bond acceptors (Lipinski definition) is 6. The predicted molar refractivity (Wildman–Crippen MR) is 111 cm³/mol. The summed E-state index contributed by atoms with van der Waals surface area (Å²) >= 11 is 0. The summed E-state index contributed by atoms with van der Waals surface area (Å²) in [7, 11) is 1.53. The standard InChI is InChI=1S/C22H28N2O6/c1-5-12(2)19(22(23)28)24-18(26)11-16(14-6-8-15(29-4)9-7-14)21-20(27)17(25)10-13(3)30-21/h6-10,12,16,19,27H,5,11H2,1-4H3,(H2,23,28)(H,24,26)/t12-,16?,19-/m0/s1. The van der Waals surface area contributed by atoms with Crippen LogP contribution in [0.1, 0.15) is 49.7 Å². The van der Waals surface area contributed by atoms with Gasteiger partial charge in [0.05, 0.1) is 13.0 Å². The summed E-state index contributed by atoms with van der Waals surface area (Å²) in [5, 5.41) is 13.0. The maximum atomic E-state index is 12.8. The van der Waals surface area contributed by atoms with E-state index in [0.717, 1.165) is 0 Å². The fourth-order valence-corrected chi connectivity index (χ4v) is 3.21. The number of aromatic hydroxyl groups is 1. The van der Waals surface area contributed by atoms with Crippen molar-refractivity contribution in [3.8, 4) is 11.5 Å². The van der Waals surface area contributed by atoms with Crippen LogP contribution in [0.25, 0.3) is 0 Å². The van der Waals surface area contributed by atoms with E-state index in [4.69, 9.17) is 14.9 Å². The van der Waals surface area contributed by atoms with Crippen molar-refractivity contribution in [1.82, 2.24) is 5.32 Å². The average Bonchev–Trinajstić information content (AvgIpc) is 2.72. The molecule has 2 aromatic rings. The minimum Gasteiger partial charge on any atom is -0.502 e. The van der Waals surface area contributed by atoms with E-state index >= 15 is 0 Å². The van der Waals surface area contributed by atoms with Gasteiger partial charge in [0, 0.05) is 12.5 Å². The van der Waals surface area contributed by atoms with Gasteiger partial charge in [0.15, 0.2) is 5.76 Å². The van der Waals surface area contributed by atoms with Crippen molar-refractivity contribution in [2.75, 3.05) is 7.11 Å². The second-order valence-electron chi connectivity index (χ2n) is 7.30. The minimum atomic E-state index is -0.822. The normalized spacial score (nSPS) is 13.9. The summed E-state index contributed by atoms with van der Waals surface area (Å²) in [6, 6.07) is 7.21. The molecule has 3 atom stereocenters. The molecule has 0 aliphatic heterocycles. The van der Waals surface area contributed by atoms with Gasteiger partial charge in [0.2, 0.25) is 23.0 Å². The smallest absolute Gasteiger partial charge is 0.240 e. The third kappa shape index (κ3) is 5.40. The van der Waals surface area contributed by atoms with Crippen LogP contribution >= 0.6 is 0 Å². The Kier molecular flexibility index (Phi) is 7.63. The molecule has 162 valence electrons. The first-order valence-corrected chi connectivity index (χ1v) is 9.74. The number of benzene rings is 1. The second kappa shape index (κ2) is 9.96. The number of nitrogens with two attached hydrogens (primary N) is 1. The van der Waals surface area contributed by atoms with E-state index < -0.39 is 35.0 Å². The molecule has 0 saturated carbocycles. The number of hydrogen-bond donors (Lipinski definition) is 3. The van der Waals surface area contributed by atoms with Gasteiger partial charge in [-0.15, -0.1) is 0 Å². The van der Waals surface area contributed by atoms with Crippen LogP contribution in [0.15, 0.2) is 39.5 Å². The average molecular weight is 416 g/mol. The lowest BCUT2D eigenvalue weighted by atomic mass is 9.91. The molecular formula is C22H28N2O6. The molecule has 0 radical (unpaired) electrons. The first kappa shape index (κ1) is 23.0. The van der Waals surface area contributed by atoms with Gasteiger partial charge >= 0.3 is 0 Å². The quantitative estimate of drug-likeness (QED) is 0.574. The minimum absolute atomic E-state index is 0.0144. The highest BCUT2D eigenvalue weighted by atomic mass is 16.5. The fourth-order valence-electron chi connectivity index (χ4n) is 3.21. The Morgan fingerprint density at radius 2 is 1.90 bits per heavy atom. The van der Waals surface area contributed by atoms with Gasteiger partial charge in [-0.1, -0.05) is 32.4 Å². The van der Waals surface area contributed by atoms with Crippen molar-refractivity contribution in [2.24, 2.45) is 11.7 Å². The predicted octanol–water partition coefficient (Wildman–Crippen LogP) is 2.20. The highest BCUT2D eigenvalue weighted by molar-refractivity contribution is 5.87. The van der Waals surface area contributed by atoms with Crippen LogP contribution in [-0.2, 0) is 9.59 Å². The van der Waals surface area contributed by atoms with Gasteiger partial charge in [-0.05, 0) is 30.5 Å². The Bertz CT molecular complexity index is 951. The third-order valence-corrected chi connectivity index (χ3v) is 5.13. The largest absolute Gasteiger partial charge is 0.502 e. The number of primary amides is 1. The van der Waals surface area contributed by atoms with E-state index in [2.05, 4.69) is 5.32 Å².